The van der Waals surface area contributed by atoms with E-state index in [2.05, 4.69) is 25.5 Å². The molecule has 0 aliphatic heterocycles. The summed E-state index contributed by atoms with van der Waals surface area (Å²) in [4.78, 5) is 18.6. The molecular formula is C30H30ClN3O3. The van der Waals surface area contributed by atoms with Gasteiger partial charge in [0.05, 0.1) is 23.7 Å². The molecule has 3 aromatic carbocycles. The van der Waals surface area contributed by atoms with Crippen LogP contribution in [0, 0.1) is 6.92 Å². The Morgan fingerprint density at radius 1 is 1.11 bits per heavy atom. The summed E-state index contributed by atoms with van der Waals surface area (Å²) in [7, 11) is 0. The molecular weight excluding hydrogens is 486 g/mol. The SMILES string of the molecule is C=CCOc1ccc(Cl)cc1C=Nn1c(-c2cc(C(C)C)c(OCC)cc2C)nc2ccccc2c1=O. The summed E-state index contributed by atoms with van der Waals surface area (Å²) in [6.07, 6.45) is 3.23. The summed E-state index contributed by atoms with van der Waals surface area (Å²) < 4.78 is 13.0. The Bertz CT molecular complexity index is 1540. The number of benzene rings is 3. The normalized spacial score (nSPS) is 11.4. The largest absolute Gasteiger partial charge is 0.494 e. The minimum Gasteiger partial charge on any atom is -0.494 e. The van der Waals surface area contributed by atoms with Crippen molar-refractivity contribution in [1.29, 1.82) is 0 Å². The molecule has 4 aromatic rings. The third kappa shape index (κ3) is 5.59. The number of ether oxygens (including phenoxy) is 2. The van der Waals surface area contributed by atoms with Crippen LogP contribution in [0.1, 0.15) is 43.4 Å². The smallest absolute Gasteiger partial charge is 0.282 e. The fourth-order valence-corrected chi connectivity index (χ4v) is 4.28. The molecule has 1 heterocycles. The Hall–Kier alpha value is -3.90. The molecule has 0 fully saturated rings. The maximum absolute atomic E-state index is 13.7. The Morgan fingerprint density at radius 2 is 1.89 bits per heavy atom. The third-order valence-corrected chi connectivity index (χ3v) is 6.15. The maximum atomic E-state index is 13.7. The zero-order chi connectivity index (χ0) is 26.5. The molecule has 0 saturated heterocycles. The zero-order valence-corrected chi connectivity index (χ0v) is 22.2. The predicted molar refractivity (Wildman–Crippen MR) is 152 cm³/mol. The quantitative estimate of drug-likeness (QED) is 0.178. The molecule has 0 saturated carbocycles. The number of nitrogens with zero attached hydrogens (tertiary/aromatic N) is 3. The molecule has 0 amide bonds. The van der Waals surface area contributed by atoms with E-state index >= 15 is 0 Å². The van der Waals surface area contributed by atoms with Crippen molar-refractivity contribution in [3.05, 3.63) is 99.3 Å². The van der Waals surface area contributed by atoms with Crippen LogP contribution in [0.4, 0.5) is 0 Å². The first-order valence-corrected chi connectivity index (χ1v) is 12.6. The molecule has 0 aliphatic carbocycles. The Morgan fingerprint density at radius 3 is 2.62 bits per heavy atom. The first kappa shape index (κ1) is 26.2. The monoisotopic (exact) mass is 515 g/mol. The van der Waals surface area contributed by atoms with Gasteiger partial charge >= 0.3 is 0 Å². The van der Waals surface area contributed by atoms with E-state index in [0.29, 0.717) is 46.3 Å². The Balaban J connectivity index is 1.96. The number of para-hydroxylation sites is 1. The molecule has 0 unspecified atom stereocenters. The Kier molecular flexibility index (Phi) is 8.09. The average Bonchev–Trinajstić information content (AvgIpc) is 2.88. The fraction of sp³-hybridized carbons (Fsp3) is 0.233. The lowest BCUT2D eigenvalue weighted by atomic mass is 9.96. The predicted octanol–water partition coefficient (Wildman–Crippen LogP) is 6.99. The van der Waals surface area contributed by atoms with Crippen LogP contribution in [0.5, 0.6) is 11.5 Å². The van der Waals surface area contributed by atoms with E-state index in [1.165, 1.54) is 4.68 Å². The zero-order valence-electron chi connectivity index (χ0n) is 21.5. The van der Waals surface area contributed by atoms with E-state index < -0.39 is 0 Å². The number of hydrogen-bond donors (Lipinski definition) is 0. The number of rotatable bonds is 9. The summed E-state index contributed by atoms with van der Waals surface area (Å²) in [6, 6.07) is 16.6. The Labute approximate surface area is 221 Å². The number of aromatic nitrogens is 2. The molecule has 6 nitrogen and oxygen atoms in total. The highest BCUT2D eigenvalue weighted by Crippen LogP contribution is 2.34. The summed E-state index contributed by atoms with van der Waals surface area (Å²) in [5.74, 6) is 2.06. The van der Waals surface area contributed by atoms with E-state index in [1.54, 1.807) is 36.6 Å². The lowest BCUT2D eigenvalue weighted by Gasteiger charge is -2.18. The third-order valence-electron chi connectivity index (χ3n) is 5.91. The summed E-state index contributed by atoms with van der Waals surface area (Å²) >= 11 is 6.25. The molecule has 0 aliphatic rings. The van der Waals surface area contributed by atoms with Gasteiger partial charge in [-0.2, -0.15) is 9.78 Å². The molecule has 0 N–H and O–H groups in total. The van der Waals surface area contributed by atoms with Gasteiger partial charge in [-0.3, -0.25) is 4.79 Å². The highest BCUT2D eigenvalue weighted by Gasteiger charge is 2.18. The van der Waals surface area contributed by atoms with Crippen LogP contribution >= 0.6 is 11.6 Å². The highest BCUT2D eigenvalue weighted by molar-refractivity contribution is 6.30. The van der Waals surface area contributed by atoms with Gasteiger partial charge in [0.15, 0.2) is 5.82 Å². The van der Waals surface area contributed by atoms with Crippen molar-refractivity contribution in [1.82, 2.24) is 9.66 Å². The van der Waals surface area contributed by atoms with E-state index in [-0.39, 0.29) is 11.5 Å². The van der Waals surface area contributed by atoms with Crippen LogP contribution in [0.3, 0.4) is 0 Å². The van der Waals surface area contributed by atoms with Gasteiger partial charge in [0, 0.05) is 16.1 Å². The van der Waals surface area contributed by atoms with Crippen LogP contribution in [-0.2, 0) is 0 Å². The van der Waals surface area contributed by atoms with Gasteiger partial charge in [0.1, 0.15) is 18.1 Å². The molecule has 7 heteroatoms. The van der Waals surface area contributed by atoms with Crippen LogP contribution in [0.2, 0.25) is 5.02 Å². The fourth-order valence-electron chi connectivity index (χ4n) is 4.10. The van der Waals surface area contributed by atoms with Crippen molar-refractivity contribution in [2.45, 2.75) is 33.6 Å². The molecule has 0 atom stereocenters. The van der Waals surface area contributed by atoms with Gasteiger partial charge in [0.2, 0.25) is 0 Å². The topological polar surface area (TPSA) is 65.7 Å². The van der Waals surface area contributed by atoms with Crippen molar-refractivity contribution >= 4 is 28.7 Å². The minimum absolute atomic E-state index is 0.209. The molecule has 4 rings (SSSR count). The van der Waals surface area contributed by atoms with Crippen LogP contribution in [0.25, 0.3) is 22.3 Å². The summed E-state index contributed by atoms with van der Waals surface area (Å²) in [5.41, 5.74) is 3.73. The molecule has 0 radical (unpaired) electrons. The lowest BCUT2D eigenvalue weighted by molar-refractivity contribution is 0.335. The minimum atomic E-state index is -0.271. The lowest BCUT2D eigenvalue weighted by Crippen LogP contribution is -2.21. The van der Waals surface area contributed by atoms with Gasteiger partial charge < -0.3 is 9.47 Å². The molecule has 1 aromatic heterocycles. The van der Waals surface area contributed by atoms with E-state index in [4.69, 9.17) is 26.1 Å². The first-order chi connectivity index (χ1) is 17.8. The second kappa shape index (κ2) is 11.4. The number of hydrogen-bond acceptors (Lipinski definition) is 5. The summed E-state index contributed by atoms with van der Waals surface area (Å²) in [5, 5.41) is 5.61. The van der Waals surface area contributed by atoms with Crippen molar-refractivity contribution in [3.63, 3.8) is 0 Å². The second-order valence-electron chi connectivity index (χ2n) is 8.89. The molecule has 37 heavy (non-hydrogen) atoms. The summed E-state index contributed by atoms with van der Waals surface area (Å²) in [6.45, 7) is 12.8. The van der Waals surface area contributed by atoms with Crippen molar-refractivity contribution in [2.75, 3.05) is 13.2 Å². The number of aryl methyl sites for hydroxylation is 1. The van der Waals surface area contributed by atoms with E-state index in [9.17, 15) is 4.79 Å². The van der Waals surface area contributed by atoms with Crippen molar-refractivity contribution in [2.24, 2.45) is 5.10 Å². The van der Waals surface area contributed by atoms with Crippen molar-refractivity contribution in [3.8, 4) is 22.9 Å². The number of halogens is 1. The first-order valence-electron chi connectivity index (χ1n) is 12.2. The van der Waals surface area contributed by atoms with Gasteiger partial charge in [-0.25, -0.2) is 4.98 Å². The highest BCUT2D eigenvalue weighted by atomic mass is 35.5. The van der Waals surface area contributed by atoms with Crippen molar-refractivity contribution < 1.29 is 9.47 Å². The van der Waals surface area contributed by atoms with E-state index in [1.807, 2.05) is 44.2 Å². The van der Waals surface area contributed by atoms with E-state index in [0.717, 1.165) is 22.4 Å². The van der Waals surface area contributed by atoms with Crippen LogP contribution < -0.4 is 15.0 Å². The maximum Gasteiger partial charge on any atom is 0.282 e. The second-order valence-corrected chi connectivity index (χ2v) is 9.33. The van der Waals surface area contributed by atoms with Crippen LogP contribution in [-0.4, -0.2) is 29.1 Å². The standard InChI is InChI=1S/C30H30ClN3O3/c1-6-14-37-27-13-12-22(31)16-21(27)18-32-34-29(33-26-11-9-8-10-23(26)30(34)35)25-17-24(19(3)4)28(36-7-2)15-20(25)5/h6,8-13,15-19H,1,7,14H2,2-5H3. The van der Waals surface area contributed by atoms with Gasteiger partial charge in [0.25, 0.3) is 5.56 Å². The van der Waals surface area contributed by atoms with Gasteiger partial charge in [-0.05, 0) is 73.4 Å². The van der Waals surface area contributed by atoms with Gasteiger partial charge in [-0.15, -0.1) is 0 Å². The number of fused-ring (bicyclic) bond motifs is 1. The van der Waals surface area contributed by atoms with Crippen LogP contribution in [0.15, 0.2) is 77.1 Å². The molecule has 0 spiro atoms. The average molecular weight is 516 g/mol. The van der Waals surface area contributed by atoms with Gasteiger partial charge in [-0.1, -0.05) is 50.2 Å². The molecule has 0 bridgehead atoms. The molecule has 190 valence electrons.